The van der Waals surface area contributed by atoms with Crippen LogP contribution in [0.15, 0.2) is 187 Å². The number of fused-ring (bicyclic) bond motifs is 8. The topological polar surface area (TPSA) is 28.4 Å². The van der Waals surface area contributed by atoms with Crippen LogP contribution in [0.4, 0.5) is 22.7 Å². The van der Waals surface area contributed by atoms with Crippen LogP contribution in [0.25, 0.3) is 69.9 Å². The summed E-state index contributed by atoms with van der Waals surface area (Å²) in [4.78, 5) is 2.25. The van der Waals surface area contributed by atoms with Crippen molar-refractivity contribution in [2.45, 2.75) is 41.5 Å². The van der Waals surface area contributed by atoms with E-state index in [0.717, 1.165) is 67.0 Å². The van der Waals surface area contributed by atoms with Crippen LogP contribution in [0.3, 0.4) is 0 Å². The third-order valence-corrected chi connectivity index (χ3v) is 11.1. The molecule has 0 spiro atoms. The summed E-state index contributed by atoms with van der Waals surface area (Å²) in [5.74, 6) is 0. The van der Waals surface area contributed by atoms with Gasteiger partial charge in [-0.1, -0.05) is 145 Å². The highest BCUT2D eigenvalue weighted by Crippen LogP contribution is 2.45. The zero-order valence-electron chi connectivity index (χ0n) is 34.2. The van der Waals surface area contributed by atoms with Gasteiger partial charge in [-0.3, -0.25) is 0 Å². The number of hydrogen-bond donors (Lipinski definition) is 1. The summed E-state index contributed by atoms with van der Waals surface area (Å²) in [5, 5.41) is 8.38. The lowest BCUT2D eigenvalue weighted by molar-refractivity contribution is 0.668. The quantitative estimate of drug-likeness (QED) is 0.189. The fourth-order valence-electron chi connectivity index (χ4n) is 7.47. The highest BCUT2D eigenvalue weighted by atomic mass is 32.1. The Morgan fingerprint density at radius 3 is 2.12 bits per heavy atom. The Hall–Kier alpha value is -6.62. The van der Waals surface area contributed by atoms with Crippen molar-refractivity contribution in [2.24, 2.45) is 0 Å². The normalized spacial score (nSPS) is 12.9. The Morgan fingerprint density at radius 2 is 1.28 bits per heavy atom. The largest absolute Gasteiger partial charge is 0.455 e. The summed E-state index contributed by atoms with van der Waals surface area (Å²) in [6.45, 7) is 16.5. The van der Waals surface area contributed by atoms with E-state index >= 15 is 0 Å². The van der Waals surface area contributed by atoms with Gasteiger partial charge in [0.15, 0.2) is 0 Å². The smallest absolute Gasteiger partial charge is 0.145 e. The van der Waals surface area contributed by atoms with Gasteiger partial charge in [-0.2, -0.15) is 0 Å². The molecule has 0 bridgehead atoms. The van der Waals surface area contributed by atoms with Crippen LogP contribution in [-0.2, 0) is 0 Å². The molecular formula is C54H50N2OS. The Balaban J connectivity index is 0.000000818. The molecule has 2 aromatic heterocycles. The zero-order chi connectivity index (χ0) is 40.6. The lowest BCUT2D eigenvalue weighted by atomic mass is 9.97. The molecule has 3 heterocycles. The first kappa shape index (κ1) is 39.6. The van der Waals surface area contributed by atoms with E-state index in [2.05, 4.69) is 187 Å². The number of allylic oxidation sites excluding steroid dienone is 4. The van der Waals surface area contributed by atoms with Crippen molar-refractivity contribution >= 4 is 81.8 Å². The standard InChI is InChI=1S/C48H32N2OS.3C2H6/c1-31-12-9-10-27-50(36-22-26-46-41(30-36)38-18-6-8-20-45(38)52-46)43-24-23-39-40-29-34(21-25-44(40)51-48(39)47(31)43)33-15-11-16-35(28-33)49-42-19-7-5-17-37(42)32-13-3-2-4-14-32;3*1-2/h2-30,49H,1H2;3*1-2H3/b12-9-,27-10-;;;. The molecule has 10 rings (SSSR count). The second-order valence-corrected chi connectivity index (χ2v) is 14.2. The van der Waals surface area contributed by atoms with Crippen LogP contribution < -0.4 is 10.2 Å². The first-order valence-corrected chi connectivity index (χ1v) is 21.3. The summed E-state index contributed by atoms with van der Waals surface area (Å²) in [6.07, 6.45) is 8.32. The molecule has 1 N–H and O–H groups in total. The van der Waals surface area contributed by atoms with Gasteiger partial charge in [0.25, 0.3) is 0 Å². The van der Waals surface area contributed by atoms with Crippen molar-refractivity contribution in [3.8, 4) is 22.3 Å². The second kappa shape index (κ2) is 18.1. The van der Waals surface area contributed by atoms with Crippen molar-refractivity contribution in [1.82, 2.24) is 0 Å². The Bertz CT molecular complexity index is 2910. The van der Waals surface area contributed by atoms with Gasteiger partial charge in [0.05, 0.1) is 5.69 Å². The third kappa shape index (κ3) is 7.59. The van der Waals surface area contributed by atoms with Gasteiger partial charge in [-0.25, -0.2) is 0 Å². The van der Waals surface area contributed by atoms with Gasteiger partial charge >= 0.3 is 0 Å². The molecule has 0 amide bonds. The van der Waals surface area contributed by atoms with E-state index < -0.39 is 0 Å². The molecule has 9 aromatic rings. The molecule has 0 saturated carbocycles. The molecule has 288 valence electrons. The van der Waals surface area contributed by atoms with Crippen molar-refractivity contribution in [3.05, 3.63) is 188 Å². The minimum absolute atomic E-state index is 0.842. The molecule has 0 unspecified atom stereocenters. The van der Waals surface area contributed by atoms with Crippen LogP contribution >= 0.6 is 11.3 Å². The molecule has 0 saturated heterocycles. The molecule has 1 aliphatic heterocycles. The minimum atomic E-state index is 0.842. The fraction of sp³-hybridized carbons (Fsp3) is 0.111. The number of thiophene rings is 1. The molecular weight excluding hydrogens is 725 g/mol. The average Bonchev–Trinajstić information content (AvgIpc) is 3.86. The highest BCUT2D eigenvalue weighted by Gasteiger charge is 2.22. The van der Waals surface area contributed by atoms with Crippen LogP contribution in [0.5, 0.6) is 0 Å². The number of hydrogen-bond acceptors (Lipinski definition) is 4. The van der Waals surface area contributed by atoms with Gasteiger partial charge in [-0.05, 0) is 95.1 Å². The van der Waals surface area contributed by atoms with Crippen LogP contribution in [0, 0.1) is 0 Å². The Morgan fingerprint density at radius 1 is 0.552 bits per heavy atom. The number of para-hydroxylation sites is 1. The van der Waals surface area contributed by atoms with E-state index in [4.69, 9.17) is 4.42 Å². The van der Waals surface area contributed by atoms with Gasteiger partial charge in [0.2, 0.25) is 0 Å². The number of nitrogens with one attached hydrogen (secondary N) is 1. The molecule has 0 aliphatic carbocycles. The second-order valence-electron chi connectivity index (χ2n) is 13.1. The van der Waals surface area contributed by atoms with Gasteiger partial charge < -0.3 is 14.6 Å². The van der Waals surface area contributed by atoms with Crippen molar-refractivity contribution < 1.29 is 4.42 Å². The number of anilines is 4. The van der Waals surface area contributed by atoms with E-state index in [-0.39, 0.29) is 0 Å². The molecule has 3 nitrogen and oxygen atoms in total. The summed E-state index contributed by atoms with van der Waals surface area (Å²) in [5.41, 5.74) is 12.4. The maximum absolute atomic E-state index is 6.71. The molecule has 0 atom stereocenters. The van der Waals surface area contributed by atoms with Crippen LogP contribution in [0.1, 0.15) is 47.1 Å². The summed E-state index contributed by atoms with van der Waals surface area (Å²) < 4.78 is 9.29. The van der Waals surface area contributed by atoms with Crippen molar-refractivity contribution in [2.75, 3.05) is 10.2 Å². The van der Waals surface area contributed by atoms with Gasteiger partial charge in [0.1, 0.15) is 11.2 Å². The monoisotopic (exact) mass is 774 g/mol. The summed E-state index contributed by atoms with van der Waals surface area (Å²) in [6, 6.07) is 53.8. The predicted octanol–water partition coefficient (Wildman–Crippen LogP) is 17.3. The molecule has 1 aliphatic rings. The molecule has 4 heteroatoms. The maximum atomic E-state index is 6.71. The number of furan rings is 1. The number of nitrogens with zero attached hydrogens (tertiary/aromatic N) is 1. The summed E-state index contributed by atoms with van der Waals surface area (Å²) >= 11 is 1.83. The molecule has 58 heavy (non-hydrogen) atoms. The average molecular weight is 775 g/mol. The number of benzene rings is 7. The third-order valence-electron chi connectivity index (χ3n) is 9.97. The zero-order valence-corrected chi connectivity index (χ0v) is 35.0. The predicted molar refractivity (Wildman–Crippen MR) is 257 cm³/mol. The molecule has 0 fully saturated rings. The fourth-order valence-corrected chi connectivity index (χ4v) is 8.56. The number of rotatable bonds is 5. The first-order valence-electron chi connectivity index (χ1n) is 20.4. The van der Waals surface area contributed by atoms with E-state index in [1.807, 2.05) is 58.9 Å². The molecule has 7 aromatic carbocycles. The molecule has 0 radical (unpaired) electrons. The van der Waals surface area contributed by atoms with Crippen LogP contribution in [-0.4, -0.2) is 0 Å². The van der Waals surface area contributed by atoms with E-state index in [1.54, 1.807) is 0 Å². The van der Waals surface area contributed by atoms with Gasteiger partial charge in [-0.15, -0.1) is 11.3 Å². The Labute approximate surface area is 346 Å². The lowest BCUT2D eigenvalue weighted by Gasteiger charge is -2.25. The van der Waals surface area contributed by atoms with E-state index in [9.17, 15) is 0 Å². The maximum Gasteiger partial charge on any atom is 0.145 e. The first-order chi connectivity index (χ1) is 28.7. The SMILES string of the molecule is C=C1/C=C\C=C/N(c2ccc3sc4ccccc4c3c2)c2ccc3c(oc4ccc(-c5cccc(Nc6ccccc6-c6ccccc6)c5)cc43)c21.CC.CC.CC. The minimum Gasteiger partial charge on any atom is -0.455 e. The van der Waals surface area contributed by atoms with Crippen molar-refractivity contribution in [1.29, 1.82) is 0 Å². The van der Waals surface area contributed by atoms with E-state index in [0.29, 0.717) is 0 Å². The Kier molecular flexibility index (Phi) is 12.4. The summed E-state index contributed by atoms with van der Waals surface area (Å²) in [7, 11) is 0. The van der Waals surface area contributed by atoms with E-state index in [1.165, 1.54) is 31.3 Å². The lowest BCUT2D eigenvalue weighted by Crippen LogP contribution is -2.11. The van der Waals surface area contributed by atoms with Gasteiger partial charge in [0, 0.05) is 65.3 Å². The van der Waals surface area contributed by atoms with Crippen molar-refractivity contribution in [3.63, 3.8) is 0 Å². The highest BCUT2D eigenvalue weighted by molar-refractivity contribution is 7.25. The van der Waals surface area contributed by atoms with Crippen LogP contribution in [0.2, 0.25) is 0 Å².